The molecule has 0 spiro atoms. The van der Waals surface area contributed by atoms with Gasteiger partial charge in [-0.25, -0.2) is 0 Å². The van der Waals surface area contributed by atoms with Crippen molar-refractivity contribution in [1.29, 1.82) is 0 Å². The lowest BCUT2D eigenvalue weighted by Gasteiger charge is -2.45. The van der Waals surface area contributed by atoms with Gasteiger partial charge < -0.3 is 19.1 Å². The maximum atomic E-state index is 7.74. The topological polar surface area (TPSA) is 20.6 Å². The standard InChI is InChI=1S/C77H70B2IN3O/c1-9-12-15-51-21-26-57(27-22-51)81-68-32-20-48(6)36-63(68)78-64-44-65-73(45-69(64)82(58-28-24-56(80)25-29-58)71-41-54(40-70(81)75(71)78)59-30-18-46(4)34-49(59)7)84-74-43-55(60-31-19-47(5)35-50(60)8)42-72-76(74)79(65)66-39-53(17-14-11-3)38-62-61-37-52(16-13-10-2)23-33-67(61)83(72)77(62)66/h18-45H,9-17H2,1-8H3. The minimum absolute atomic E-state index is 0.0829. The number of hydrogen-bond donors (Lipinski definition) is 0. The molecule has 0 bridgehead atoms. The Hall–Kier alpha value is -7.74. The fraction of sp³-hybridized carbons (Fsp3) is 0.221. The first-order valence-electron chi connectivity index (χ1n) is 31.0. The van der Waals surface area contributed by atoms with Crippen molar-refractivity contribution in [3.05, 3.63) is 218 Å². The third-order valence-electron chi connectivity index (χ3n) is 19.0. The van der Waals surface area contributed by atoms with E-state index in [9.17, 15) is 0 Å². The number of halogens is 1. The Bertz CT molecular complexity index is 4520. The van der Waals surface area contributed by atoms with Crippen LogP contribution in [0, 0.1) is 38.2 Å². The van der Waals surface area contributed by atoms with Crippen molar-refractivity contribution in [2.75, 3.05) is 9.80 Å². The second kappa shape index (κ2) is 20.8. The summed E-state index contributed by atoms with van der Waals surface area (Å²) in [7, 11) is 0. The van der Waals surface area contributed by atoms with Crippen molar-refractivity contribution in [3.63, 3.8) is 0 Å². The molecule has 0 N–H and O–H groups in total. The van der Waals surface area contributed by atoms with Crippen LogP contribution >= 0.6 is 22.6 Å². The van der Waals surface area contributed by atoms with Crippen LogP contribution in [0.2, 0.25) is 0 Å². The molecule has 0 radical (unpaired) electrons. The van der Waals surface area contributed by atoms with E-state index < -0.39 is 0 Å². The largest absolute Gasteiger partial charge is 0.458 e. The van der Waals surface area contributed by atoms with Crippen molar-refractivity contribution in [2.45, 2.75) is 113 Å². The number of aryl methyl sites for hydroxylation is 8. The van der Waals surface area contributed by atoms with Gasteiger partial charge in [-0.15, -0.1) is 0 Å². The number of unbranched alkanes of at least 4 members (excludes halogenated alkanes) is 3. The summed E-state index contributed by atoms with van der Waals surface area (Å²) in [6.07, 6.45) is 10.2. The molecule has 15 rings (SSSR count). The highest BCUT2D eigenvalue weighted by Crippen LogP contribution is 2.49. The van der Waals surface area contributed by atoms with E-state index in [2.05, 4.69) is 262 Å². The maximum Gasteiger partial charge on any atom is 0.256 e. The van der Waals surface area contributed by atoms with Gasteiger partial charge >= 0.3 is 0 Å². The van der Waals surface area contributed by atoms with Gasteiger partial charge in [-0.05, 0) is 264 Å². The Morgan fingerprint density at radius 3 is 1.62 bits per heavy atom. The molecular formula is C77H70B2IN3O. The average Bonchev–Trinajstić information content (AvgIpc) is 1.25. The first-order valence-corrected chi connectivity index (χ1v) is 32.1. The lowest BCUT2D eigenvalue weighted by atomic mass is 9.30. The van der Waals surface area contributed by atoms with Crippen LogP contribution in [0.4, 0.5) is 34.1 Å². The van der Waals surface area contributed by atoms with Crippen LogP contribution in [0.5, 0.6) is 11.5 Å². The second-order valence-electron chi connectivity index (χ2n) is 24.8. The molecule has 0 unspecified atom stereocenters. The molecule has 5 heterocycles. The van der Waals surface area contributed by atoms with Crippen molar-refractivity contribution in [3.8, 4) is 39.4 Å². The predicted molar refractivity (Wildman–Crippen MR) is 369 cm³/mol. The number of anilines is 6. The Morgan fingerprint density at radius 1 is 0.405 bits per heavy atom. The Morgan fingerprint density at radius 2 is 0.952 bits per heavy atom. The summed E-state index contributed by atoms with van der Waals surface area (Å²) in [5, 5.41) is 2.71. The molecule has 4 aliphatic rings. The van der Waals surface area contributed by atoms with Crippen LogP contribution in [0.1, 0.15) is 104 Å². The number of aromatic nitrogens is 1. The number of rotatable bonds is 13. The average molecular weight is 1200 g/mol. The normalized spacial score (nSPS) is 13.2. The summed E-state index contributed by atoms with van der Waals surface area (Å²) in [6.45, 7) is 17.9. The van der Waals surface area contributed by atoms with E-state index in [-0.39, 0.29) is 13.4 Å². The molecule has 84 heavy (non-hydrogen) atoms. The van der Waals surface area contributed by atoms with Crippen LogP contribution in [-0.4, -0.2) is 18.0 Å². The highest BCUT2D eigenvalue weighted by atomic mass is 127. The van der Waals surface area contributed by atoms with E-state index >= 15 is 0 Å². The fourth-order valence-corrected chi connectivity index (χ4v) is 15.4. The van der Waals surface area contributed by atoms with Crippen LogP contribution in [-0.2, 0) is 19.3 Å². The van der Waals surface area contributed by atoms with Gasteiger partial charge in [0, 0.05) is 65.7 Å². The molecule has 0 fully saturated rings. The van der Waals surface area contributed by atoms with Crippen molar-refractivity contribution < 1.29 is 4.74 Å². The summed E-state index contributed by atoms with van der Waals surface area (Å²) >= 11 is 2.46. The van der Waals surface area contributed by atoms with Crippen LogP contribution in [0.25, 0.3) is 49.7 Å². The molecular weight excluding hydrogens is 1130 g/mol. The highest BCUT2D eigenvalue weighted by molar-refractivity contribution is 14.1. The van der Waals surface area contributed by atoms with Gasteiger partial charge in [0.1, 0.15) is 11.5 Å². The molecule has 10 aromatic carbocycles. The quantitative estimate of drug-likeness (QED) is 0.0848. The summed E-state index contributed by atoms with van der Waals surface area (Å²) in [5.74, 6) is 1.86. The van der Waals surface area contributed by atoms with Crippen molar-refractivity contribution in [1.82, 2.24) is 4.57 Å². The monoisotopic (exact) mass is 1200 g/mol. The number of fused-ring (bicyclic) bond motifs is 11. The fourth-order valence-electron chi connectivity index (χ4n) is 15.0. The van der Waals surface area contributed by atoms with E-state index in [0.717, 1.165) is 55.0 Å². The lowest BCUT2D eigenvalue weighted by Crippen LogP contribution is -2.64. The number of ether oxygens (including phenoxy) is 1. The van der Waals surface area contributed by atoms with E-state index in [1.165, 1.54) is 179 Å². The summed E-state index contributed by atoms with van der Waals surface area (Å²) in [6, 6.07) is 67.1. The number of hydrogen-bond acceptors (Lipinski definition) is 3. The first kappa shape index (κ1) is 53.0. The minimum atomic E-state index is -0.0845. The molecule has 0 saturated heterocycles. The smallest absolute Gasteiger partial charge is 0.256 e. The van der Waals surface area contributed by atoms with E-state index in [1.807, 2.05) is 0 Å². The molecule has 0 amide bonds. The Balaban J connectivity index is 1.04. The van der Waals surface area contributed by atoms with Crippen LogP contribution < -0.4 is 47.3 Å². The minimum Gasteiger partial charge on any atom is -0.458 e. The maximum absolute atomic E-state index is 7.74. The molecule has 0 aliphatic carbocycles. The van der Waals surface area contributed by atoms with Crippen molar-refractivity contribution in [2.24, 2.45) is 0 Å². The zero-order chi connectivity index (χ0) is 57.2. The van der Waals surface area contributed by atoms with Gasteiger partial charge in [-0.1, -0.05) is 136 Å². The Kier molecular flexibility index (Phi) is 13.1. The van der Waals surface area contributed by atoms with Crippen LogP contribution in [0.15, 0.2) is 170 Å². The van der Waals surface area contributed by atoms with E-state index in [1.54, 1.807) is 0 Å². The van der Waals surface area contributed by atoms with Gasteiger partial charge in [0.2, 0.25) is 0 Å². The summed E-state index contributed by atoms with van der Waals surface area (Å²) in [4.78, 5) is 5.16. The zero-order valence-corrected chi connectivity index (χ0v) is 52.0. The SMILES string of the molecule is CCCCc1ccc(N2c3ccc(C)cc3B3c4cc5c(cc4N(c4ccc(I)cc4)c4cc(-c6ccc(C)cc6C)cc2c43)Oc2cc(-c3ccc(C)cc3C)cc3c2B5c2cc(CCCC)cc4c5cc(CCCC)ccc5n-3c24)cc1. The van der Waals surface area contributed by atoms with Gasteiger partial charge in [-0.2, -0.15) is 0 Å². The molecule has 4 aliphatic heterocycles. The first-order chi connectivity index (χ1) is 41.0. The van der Waals surface area contributed by atoms with Crippen molar-refractivity contribution >= 4 is 125 Å². The van der Waals surface area contributed by atoms with Gasteiger partial charge in [0.25, 0.3) is 13.4 Å². The molecule has 0 saturated carbocycles. The molecule has 11 aromatic rings. The van der Waals surface area contributed by atoms with Gasteiger partial charge in [0.15, 0.2) is 0 Å². The molecule has 0 atom stereocenters. The summed E-state index contributed by atoms with van der Waals surface area (Å²) in [5.41, 5.74) is 34.1. The molecule has 7 heteroatoms. The molecule has 412 valence electrons. The van der Waals surface area contributed by atoms with E-state index in [4.69, 9.17) is 4.74 Å². The lowest BCUT2D eigenvalue weighted by molar-refractivity contribution is 0.487. The van der Waals surface area contributed by atoms with Gasteiger partial charge in [-0.3, -0.25) is 0 Å². The zero-order valence-electron chi connectivity index (χ0n) is 49.8. The highest BCUT2D eigenvalue weighted by Gasteiger charge is 2.47. The molecule has 1 aromatic heterocycles. The number of nitrogens with zero attached hydrogens (tertiary/aromatic N) is 3. The molecule has 4 nitrogen and oxygen atoms in total. The third-order valence-corrected chi connectivity index (χ3v) is 19.7. The predicted octanol–water partition coefficient (Wildman–Crippen LogP) is 17.3. The Labute approximate surface area is 510 Å². The van der Waals surface area contributed by atoms with Gasteiger partial charge in [0.05, 0.1) is 5.52 Å². The number of benzene rings is 10. The summed E-state index contributed by atoms with van der Waals surface area (Å²) < 4.78 is 11.6. The third kappa shape index (κ3) is 8.52. The van der Waals surface area contributed by atoms with E-state index in [0.29, 0.717) is 0 Å². The van der Waals surface area contributed by atoms with Crippen LogP contribution in [0.3, 0.4) is 0 Å². The second-order valence-corrected chi connectivity index (χ2v) is 26.1.